The largest absolute Gasteiger partial charge is 0.481 e. The van der Waals surface area contributed by atoms with E-state index in [0.29, 0.717) is 12.4 Å². The molecule has 0 saturated carbocycles. The lowest BCUT2D eigenvalue weighted by molar-refractivity contribution is 0.391. The molecule has 2 aromatic heterocycles. The average molecular weight is 239 g/mol. The highest BCUT2D eigenvalue weighted by Crippen LogP contribution is 2.18. The van der Waals surface area contributed by atoms with Crippen LogP contribution in [0.2, 0.25) is 0 Å². The van der Waals surface area contributed by atoms with Crippen LogP contribution in [0.1, 0.15) is 5.56 Å². The Labute approximate surface area is 105 Å². The molecule has 18 heavy (non-hydrogen) atoms. The third-order valence-electron chi connectivity index (χ3n) is 2.91. The van der Waals surface area contributed by atoms with Gasteiger partial charge in [-0.3, -0.25) is 0 Å². The fourth-order valence-electron chi connectivity index (χ4n) is 2.05. The average Bonchev–Trinajstić information content (AvgIpc) is 2.83. The van der Waals surface area contributed by atoms with E-state index in [0.717, 1.165) is 16.6 Å². The van der Waals surface area contributed by atoms with Gasteiger partial charge in [-0.2, -0.15) is 0 Å². The van der Waals surface area contributed by atoms with Crippen molar-refractivity contribution in [3.8, 4) is 5.88 Å². The zero-order chi connectivity index (χ0) is 12.4. The summed E-state index contributed by atoms with van der Waals surface area (Å²) in [5, 5.41) is 0. The standard InChI is InChI=1S/C14H13N3O/c1-18-14-11(5-4-8-15-14)9-17-10-16-12-6-2-3-7-13(12)17/h2-8,10H,9H2,1H3. The number of rotatable bonds is 3. The molecule has 2 heterocycles. The van der Waals surface area contributed by atoms with E-state index in [1.165, 1.54) is 0 Å². The second-order valence-electron chi connectivity index (χ2n) is 4.03. The van der Waals surface area contributed by atoms with Crippen molar-refractivity contribution in [2.45, 2.75) is 6.54 Å². The summed E-state index contributed by atoms with van der Waals surface area (Å²) in [5.41, 5.74) is 3.16. The van der Waals surface area contributed by atoms with E-state index in [9.17, 15) is 0 Å². The van der Waals surface area contributed by atoms with Crippen LogP contribution in [0.4, 0.5) is 0 Å². The maximum absolute atomic E-state index is 5.26. The molecule has 0 atom stereocenters. The SMILES string of the molecule is COc1ncccc1Cn1cnc2ccccc21. The highest BCUT2D eigenvalue weighted by Gasteiger charge is 2.06. The quantitative estimate of drug-likeness (QED) is 0.705. The van der Waals surface area contributed by atoms with Crippen LogP contribution >= 0.6 is 0 Å². The molecule has 0 unspecified atom stereocenters. The number of ether oxygens (including phenoxy) is 1. The van der Waals surface area contributed by atoms with Crippen molar-refractivity contribution in [2.75, 3.05) is 7.11 Å². The van der Waals surface area contributed by atoms with Crippen molar-refractivity contribution in [3.05, 3.63) is 54.5 Å². The van der Waals surface area contributed by atoms with Crippen LogP contribution in [0.5, 0.6) is 5.88 Å². The summed E-state index contributed by atoms with van der Waals surface area (Å²) in [7, 11) is 1.64. The van der Waals surface area contributed by atoms with Crippen LogP contribution in [0, 0.1) is 0 Å². The topological polar surface area (TPSA) is 39.9 Å². The minimum absolute atomic E-state index is 0.662. The zero-order valence-electron chi connectivity index (χ0n) is 10.1. The summed E-state index contributed by atoms with van der Waals surface area (Å²) < 4.78 is 7.35. The minimum Gasteiger partial charge on any atom is -0.481 e. The van der Waals surface area contributed by atoms with Gasteiger partial charge in [-0.05, 0) is 18.2 Å². The highest BCUT2D eigenvalue weighted by molar-refractivity contribution is 5.75. The lowest BCUT2D eigenvalue weighted by Crippen LogP contribution is -2.01. The summed E-state index contributed by atoms with van der Waals surface area (Å²) in [5.74, 6) is 0.662. The number of aromatic nitrogens is 3. The van der Waals surface area contributed by atoms with Crippen molar-refractivity contribution in [3.63, 3.8) is 0 Å². The van der Waals surface area contributed by atoms with Gasteiger partial charge < -0.3 is 9.30 Å². The fourth-order valence-corrected chi connectivity index (χ4v) is 2.05. The van der Waals surface area contributed by atoms with Crippen LogP contribution in [0.3, 0.4) is 0 Å². The zero-order valence-corrected chi connectivity index (χ0v) is 10.1. The first-order valence-corrected chi connectivity index (χ1v) is 5.76. The first-order chi connectivity index (χ1) is 8.88. The van der Waals surface area contributed by atoms with E-state index in [4.69, 9.17) is 4.74 Å². The first kappa shape index (κ1) is 10.8. The van der Waals surface area contributed by atoms with Gasteiger partial charge in [0, 0.05) is 11.8 Å². The molecule has 4 nitrogen and oxygen atoms in total. The number of nitrogens with zero attached hydrogens (tertiary/aromatic N) is 3. The van der Waals surface area contributed by atoms with Gasteiger partial charge in [0.05, 0.1) is 31.0 Å². The van der Waals surface area contributed by atoms with Gasteiger partial charge in [0.1, 0.15) is 0 Å². The van der Waals surface area contributed by atoms with E-state index in [2.05, 4.69) is 20.6 Å². The molecule has 0 aliphatic rings. The van der Waals surface area contributed by atoms with Gasteiger partial charge in [0.15, 0.2) is 0 Å². The monoisotopic (exact) mass is 239 g/mol. The van der Waals surface area contributed by atoms with Gasteiger partial charge in [-0.15, -0.1) is 0 Å². The second kappa shape index (κ2) is 4.49. The summed E-state index contributed by atoms with van der Waals surface area (Å²) >= 11 is 0. The molecule has 0 bridgehead atoms. The van der Waals surface area contributed by atoms with E-state index < -0.39 is 0 Å². The Bertz CT molecular complexity index is 675. The molecule has 4 heteroatoms. The van der Waals surface area contributed by atoms with E-state index in [-0.39, 0.29) is 0 Å². The van der Waals surface area contributed by atoms with E-state index >= 15 is 0 Å². The normalized spacial score (nSPS) is 10.7. The third kappa shape index (κ3) is 1.82. The number of pyridine rings is 1. The van der Waals surface area contributed by atoms with Crippen molar-refractivity contribution in [2.24, 2.45) is 0 Å². The lowest BCUT2D eigenvalue weighted by atomic mass is 10.2. The van der Waals surface area contributed by atoms with Crippen LogP contribution < -0.4 is 4.74 Å². The number of para-hydroxylation sites is 2. The van der Waals surface area contributed by atoms with Crippen LogP contribution in [-0.2, 0) is 6.54 Å². The molecular weight excluding hydrogens is 226 g/mol. The Kier molecular flexibility index (Phi) is 2.68. The predicted octanol–water partition coefficient (Wildman–Crippen LogP) is 2.49. The lowest BCUT2D eigenvalue weighted by Gasteiger charge is -2.08. The smallest absolute Gasteiger partial charge is 0.218 e. The number of methoxy groups -OCH3 is 1. The maximum atomic E-state index is 5.26. The summed E-state index contributed by atoms with van der Waals surface area (Å²) in [4.78, 5) is 8.57. The minimum atomic E-state index is 0.662. The predicted molar refractivity (Wildman–Crippen MR) is 69.6 cm³/mol. The molecule has 1 aromatic carbocycles. The molecular formula is C14H13N3O. The van der Waals surface area contributed by atoms with Gasteiger partial charge in [-0.25, -0.2) is 9.97 Å². The van der Waals surface area contributed by atoms with Gasteiger partial charge >= 0.3 is 0 Å². The molecule has 90 valence electrons. The van der Waals surface area contributed by atoms with Crippen LogP contribution in [-0.4, -0.2) is 21.6 Å². The number of hydrogen-bond acceptors (Lipinski definition) is 3. The highest BCUT2D eigenvalue weighted by atomic mass is 16.5. The third-order valence-corrected chi connectivity index (χ3v) is 2.91. The number of benzene rings is 1. The van der Waals surface area contributed by atoms with Crippen molar-refractivity contribution >= 4 is 11.0 Å². The van der Waals surface area contributed by atoms with Crippen molar-refractivity contribution < 1.29 is 4.74 Å². The van der Waals surface area contributed by atoms with Crippen LogP contribution in [0.15, 0.2) is 48.9 Å². The maximum Gasteiger partial charge on any atom is 0.218 e. The molecule has 0 fully saturated rings. The molecule has 0 amide bonds. The molecule has 0 radical (unpaired) electrons. The molecule has 3 rings (SSSR count). The number of hydrogen-bond donors (Lipinski definition) is 0. The van der Waals surface area contributed by atoms with Crippen molar-refractivity contribution in [1.29, 1.82) is 0 Å². The Balaban J connectivity index is 2.01. The molecule has 0 saturated heterocycles. The first-order valence-electron chi connectivity index (χ1n) is 5.76. The Hall–Kier alpha value is -2.36. The second-order valence-corrected chi connectivity index (χ2v) is 4.03. The number of fused-ring (bicyclic) bond motifs is 1. The summed E-state index contributed by atoms with van der Waals surface area (Å²) in [6, 6.07) is 12.0. The molecule has 0 N–H and O–H groups in total. The Morgan fingerprint density at radius 3 is 2.89 bits per heavy atom. The van der Waals surface area contributed by atoms with E-state index in [1.54, 1.807) is 13.3 Å². The fraction of sp³-hybridized carbons (Fsp3) is 0.143. The summed E-state index contributed by atoms with van der Waals surface area (Å²) in [6.45, 7) is 0.706. The molecule has 0 spiro atoms. The van der Waals surface area contributed by atoms with Gasteiger partial charge in [0.25, 0.3) is 0 Å². The molecule has 0 aliphatic carbocycles. The van der Waals surface area contributed by atoms with Crippen LogP contribution in [0.25, 0.3) is 11.0 Å². The van der Waals surface area contributed by atoms with Crippen molar-refractivity contribution in [1.82, 2.24) is 14.5 Å². The van der Waals surface area contributed by atoms with E-state index in [1.807, 2.05) is 36.7 Å². The molecule has 0 aliphatic heterocycles. The van der Waals surface area contributed by atoms with Gasteiger partial charge in [0.2, 0.25) is 5.88 Å². The summed E-state index contributed by atoms with van der Waals surface area (Å²) in [6.07, 6.45) is 3.57. The molecule has 3 aromatic rings. The Morgan fingerprint density at radius 2 is 2.00 bits per heavy atom. The number of imidazole rings is 1. The Morgan fingerprint density at radius 1 is 1.11 bits per heavy atom. The van der Waals surface area contributed by atoms with Gasteiger partial charge in [-0.1, -0.05) is 18.2 Å².